The van der Waals surface area contributed by atoms with Crippen molar-refractivity contribution in [1.29, 1.82) is 0 Å². The molecule has 1 amide bonds. The summed E-state index contributed by atoms with van der Waals surface area (Å²) in [4.78, 5) is 29.3. The number of carbonyl (C=O) groups is 1. The zero-order chi connectivity index (χ0) is 23.1. The van der Waals surface area contributed by atoms with Crippen LogP contribution >= 0.6 is 0 Å². The smallest absolute Gasteiger partial charge is 0.264 e. The molecule has 4 rings (SSSR count). The number of hydroxylamine groups is 1. The first-order chi connectivity index (χ1) is 15.1. The zero-order valence-electron chi connectivity index (χ0n) is 17.7. The average molecular weight is 458 g/mol. The molecule has 1 aromatic heterocycles. The molecule has 0 unspecified atom stereocenters. The molecule has 0 aliphatic carbocycles. The Hall–Kier alpha value is -3.08. The van der Waals surface area contributed by atoms with E-state index < -0.39 is 20.5 Å². The summed E-state index contributed by atoms with van der Waals surface area (Å²) in [7, 11) is -3.86. The van der Waals surface area contributed by atoms with Gasteiger partial charge in [-0.25, -0.2) is 18.9 Å². The normalized spacial score (nSPS) is 15.3. The fourth-order valence-corrected chi connectivity index (χ4v) is 4.61. The number of nitrogens with one attached hydrogen (secondary N) is 1. The van der Waals surface area contributed by atoms with E-state index in [4.69, 9.17) is 9.94 Å². The van der Waals surface area contributed by atoms with Crippen LogP contribution in [-0.2, 0) is 39.1 Å². The van der Waals surface area contributed by atoms with Gasteiger partial charge in [0.25, 0.3) is 11.5 Å². The highest BCUT2D eigenvalue weighted by Crippen LogP contribution is 2.28. The maximum absolute atomic E-state index is 12.9. The molecule has 1 aliphatic rings. The number of fused-ring (bicyclic) bond motifs is 2. The van der Waals surface area contributed by atoms with Crippen molar-refractivity contribution in [1.82, 2.24) is 15.0 Å². The standard InChI is InChI=1S/C22H23N3O6S/c1-22(21(27)24-28,32(2,29)30)7-8-25-13-23-19-10-15(5-6-18(19)20(25)26)14-3-4-16-11-31-12-17(16)9-14/h3-6,9-10,13,28H,7-8,11-12H2,1-2H3,(H,24,27)/t22-/m0/s1. The van der Waals surface area contributed by atoms with Gasteiger partial charge < -0.3 is 4.74 Å². The fourth-order valence-electron chi connectivity index (χ4n) is 3.77. The van der Waals surface area contributed by atoms with Crippen molar-refractivity contribution in [2.45, 2.75) is 37.9 Å². The maximum atomic E-state index is 12.9. The quantitative estimate of drug-likeness (QED) is 0.427. The van der Waals surface area contributed by atoms with E-state index in [9.17, 15) is 18.0 Å². The second-order valence-corrected chi connectivity index (χ2v) is 10.6. The lowest BCUT2D eigenvalue weighted by atomic mass is 9.99. The summed E-state index contributed by atoms with van der Waals surface area (Å²) in [6, 6.07) is 11.5. The highest BCUT2D eigenvalue weighted by molar-refractivity contribution is 7.92. The number of benzene rings is 2. The third-order valence-electron chi connectivity index (χ3n) is 6.11. The highest BCUT2D eigenvalue weighted by atomic mass is 32.2. The average Bonchev–Trinajstić information content (AvgIpc) is 3.24. The van der Waals surface area contributed by atoms with E-state index >= 15 is 0 Å². The van der Waals surface area contributed by atoms with Gasteiger partial charge >= 0.3 is 0 Å². The van der Waals surface area contributed by atoms with Crippen LogP contribution in [0.15, 0.2) is 47.5 Å². The molecule has 1 atom stereocenters. The maximum Gasteiger partial charge on any atom is 0.264 e. The van der Waals surface area contributed by atoms with E-state index in [0.29, 0.717) is 24.1 Å². The molecule has 168 valence electrons. The molecule has 0 saturated carbocycles. The van der Waals surface area contributed by atoms with Crippen molar-refractivity contribution in [2.75, 3.05) is 6.26 Å². The van der Waals surface area contributed by atoms with Gasteiger partial charge in [-0.1, -0.05) is 18.2 Å². The first-order valence-corrected chi connectivity index (χ1v) is 11.9. The SMILES string of the molecule is C[C@](CCn1cnc2cc(-c3ccc4c(c3)COC4)ccc2c1=O)(C(=O)NO)S(C)(=O)=O. The van der Waals surface area contributed by atoms with E-state index in [1.165, 1.54) is 28.9 Å². The number of rotatable bonds is 6. The van der Waals surface area contributed by atoms with E-state index in [2.05, 4.69) is 11.1 Å². The fraction of sp³-hybridized carbons (Fsp3) is 0.318. The molecule has 3 aromatic rings. The molecule has 32 heavy (non-hydrogen) atoms. The number of nitrogens with zero attached hydrogens (tertiary/aromatic N) is 2. The first-order valence-electron chi connectivity index (χ1n) is 9.97. The summed E-state index contributed by atoms with van der Waals surface area (Å²) in [6.45, 7) is 2.35. The van der Waals surface area contributed by atoms with Gasteiger partial charge in [-0.15, -0.1) is 0 Å². The first kappa shape index (κ1) is 22.1. The Morgan fingerprint density at radius 3 is 2.59 bits per heavy atom. The van der Waals surface area contributed by atoms with Gasteiger partial charge in [0.15, 0.2) is 14.6 Å². The molecule has 2 N–H and O–H groups in total. The van der Waals surface area contributed by atoms with Crippen molar-refractivity contribution < 1.29 is 23.2 Å². The number of sulfone groups is 1. The summed E-state index contributed by atoms with van der Waals surface area (Å²) < 4.78 is 29.1. The number of ether oxygens (including phenoxy) is 1. The van der Waals surface area contributed by atoms with Crippen LogP contribution in [0.1, 0.15) is 24.5 Å². The predicted molar refractivity (Wildman–Crippen MR) is 118 cm³/mol. The van der Waals surface area contributed by atoms with Crippen LogP contribution in [0.2, 0.25) is 0 Å². The van der Waals surface area contributed by atoms with Crippen molar-refractivity contribution in [3.63, 3.8) is 0 Å². The van der Waals surface area contributed by atoms with Gasteiger partial charge in [0.1, 0.15) is 0 Å². The number of hydrogen-bond acceptors (Lipinski definition) is 7. The van der Waals surface area contributed by atoms with Gasteiger partial charge in [0.2, 0.25) is 0 Å². The summed E-state index contributed by atoms with van der Waals surface area (Å²) in [6.07, 6.45) is 2.04. The Morgan fingerprint density at radius 1 is 1.19 bits per heavy atom. The Morgan fingerprint density at radius 2 is 1.88 bits per heavy atom. The largest absolute Gasteiger partial charge is 0.372 e. The molecular formula is C22H23N3O6S. The number of aryl methyl sites for hydroxylation is 1. The van der Waals surface area contributed by atoms with Gasteiger partial charge in [0.05, 0.1) is 30.4 Å². The minimum atomic E-state index is -3.86. The van der Waals surface area contributed by atoms with Gasteiger partial charge in [-0.2, -0.15) is 0 Å². The van der Waals surface area contributed by atoms with Crippen molar-refractivity contribution in [2.24, 2.45) is 0 Å². The topological polar surface area (TPSA) is 128 Å². The Labute approximate surface area is 184 Å². The van der Waals surface area contributed by atoms with Gasteiger partial charge in [-0.05, 0) is 53.8 Å². The Bertz CT molecular complexity index is 1380. The summed E-state index contributed by atoms with van der Waals surface area (Å²) >= 11 is 0. The molecule has 0 radical (unpaired) electrons. The Kier molecular flexibility index (Phi) is 5.61. The van der Waals surface area contributed by atoms with Crippen LogP contribution in [-0.4, -0.2) is 40.1 Å². The summed E-state index contributed by atoms with van der Waals surface area (Å²) in [5.74, 6) is -1.05. The molecule has 0 fully saturated rings. The lowest BCUT2D eigenvalue weighted by Crippen LogP contribution is -2.50. The second-order valence-electron chi connectivity index (χ2n) is 8.15. The lowest BCUT2D eigenvalue weighted by Gasteiger charge is -2.25. The predicted octanol–water partition coefficient (Wildman–Crippen LogP) is 1.79. The van der Waals surface area contributed by atoms with Crippen LogP contribution in [0.5, 0.6) is 0 Å². The third-order valence-corrected chi connectivity index (χ3v) is 8.14. The molecule has 1 aliphatic heterocycles. The van der Waals surface area contributed by atoms with E-state index in [1.807, 2.05) is 24.3 Å². The second kappa shape index (κ2) is 8.12. The molecule has 10 heteroatoms. The molecule has 0 bridgehead atoms. The molecule has 2 aromatic carbocycles. The number of amides is 1. The van der Waals surface area contributed by atoms with Crippen LogP contribution < -0.4 is 11.0 Å². The molecule has 2 heterocycles. The van der Waals surface area contributed by atoms with Crippen LogP contribution in [0.3, 0.4) is 0 Å². The Balaban J connectivity index is 1.64. The zero-order valence-corrected chi connectivity index (χ0v) is 18.5. The third kappa shape index (κ3) is 3.81. The summed E-state index contributed by atoms with van der Waals surface area (Å²) in [5, 5.41) is 9.33. The number of hydrogen-bond donors (Lipinski definition) is 2. The van der Waals surface area contributed by atoms with Crippen molar-refractivity contribution >= 4 is 26.6 Å². The monoisotopic (exact) mass is 457 g/mol. The van der Waals surface area contributed by atoms with Crippen LogP contribution in [0.25, 0.3) is 22.0 Å². The lowest BCUT2D eigenvalue weighted by molar-refractivity contribution is -0.131. The molecular weight excluding hydrogens is 434 g/mol. The molecule has 0 spiro atoms. The molecule has 9 nitrogen and oxygen atoms in total. The minimum Gasteiger partial charge on any atom is -0.372 e. The van der Waals surface area contributed by atoms with E-state index in [0.717, 1.165) is 22.9 Å². The molecule has 0 saturated heterocycles. The van der Waals surface area contributed by atoms with E-state index in [-0.39, 0.29) is 18.5 Å². The highest BCUT2D eigenvalue weighted by Gasteiger charge is 2.43. The van der Waals surface area contributed by atoms with Crippen molar-refractivity contribution in [3.8, 4) is 11.1 Å². The summed E-state index contributed by atoms with van der Waals surface area (Å²) in [5.41, 5.74) is 5.81. The van der Waals surface area contributed by atoms with Crippen molar-refractivity contribution in [3.05, 3.63) is 64.2 Å². The minimum absolute atomic E-state index is 0.0641. The van der Waals surface area contributed by atoms with Crippen LogP contribution in [0, 0.1) is 0 Å². The van der Waals surface area contributed by atoms with E-state index in [1.54, 1.807) is 6.07 Å². The van der Waals surface area contributed by atoms with Crippen LogP contribution in [0.4, 0.5) is 0 Å². The van der Waals surface area contributed by atoms with Gasteiger partial charge in [-0.3, -0.25) is 19.4 Å². The van der Waals surface area contributed by atoms with Gasteiger partial charge in [0, 0.05) is 12.8 Å². The number of carbonyl (C=O) groups excluding carboxylic acids is 1. The number of aromatic nitrogens is 2.